The summed E-state index contributed by atoms with van der Waals surface area (Å²) in [6.07, 6.45) is 5.64. The van der Waals surface area contributed by atoms with Gasteiger partial charge in [-0.2, -0.15) is 0 Å². The van der Waals surface area contributed by atoms with E-state index in [1.807, 2.05) is 4.90 Å². The Bertz CT molecular complexity index is 402. The molecule has 4 nitrogen and oxygen atoms in total. The second kappa shape index (κ2) is 6.37. The number of nitrogens with zero attached hydrogens (tertiary/aromatic N) is 1. The Morgan fingerprint density at radius 3 is 2.33 bits per heavy atom. The van der Waals surface area contributed by atoms with Crippen molar-refractivity contribution in [1.82, 2.24) is 10.2 Å². The van der Waals surface area contributed by atoms with Crippen molar-refractivity contribution in [2.24, 2.45) is 11.8 Å². The predicted molar refractivity (Wildman–Crippen MR) is 83.8 cm³/mol. The van der Waals surface area contributed by atoms with Crippen LogP contribution < -0.4 is 5.32 Å². The molecule has 1 aliphatic carbocycles. The van der Waals surface area contributed by atoms with Gasteiger partial charge in [-0.1, -0.05) is 53.4 Å². The topological polar surface area (TPSA) is 49.4 Å². The van der Waals surface area contributed by atoms with Gasteiger partial charge in [0.15, 0.2) is 0 Å². The highest BCUT2D eigenvalue weighted by Crippen LogP contribution is 2.36. The molecule has 4 heteroatoms. The van der Waals surface area contributed by atoms with Crippen LogP contribution in [0.1, 0.15) is 66.2 Å². The van der Waals surface area contributed by atoms with E-state index in [1.54, 1.807) is 0 Å². The molecule has 3 unspecified atom stereocenters. The molecular weight excluding hydrogens is 264 g/mol. The first kappa shape index (κ1) is 16.3. The monoisotopic (exact) mass is 294 g/mol. The lowest BCUT2D eigenvalue weighted by Crippen LogP contribution is -2.71. The van der Waals surface area contributed by atoms with E-state index in [2.05, 4.69) is 33.0 Å². The molecule has 1 spiro atoms. The molecule has 2 fully saturated rings. The number of hydrogen-bond acceptors (Lipinski definition) is 2. The zero-order chi connectivity index (χ0) is 15.6. The van der Waals surface area contributed by atoms with Crippen LogP contribution in [0.3, 0.4) is 0 Å². The molecule has 1 aliphatic heterocycles. The summed E-state index contributed by atoms with van der Waals surface area (Å²) in [6, 6.07) is -0.289. The van der Waals surface area contributed by atoms with E-state index in [0.717, 1.165) is 38.5 Å². The van der Waals surface area contributed by atoms with E-state index >= 15 is 0 Å². The van der Waals surface area contributed by atoms with Crippen LogP contribution in [-0.2, 0) is 9.59 Å². The Labute approximate surface area is 128 Å². The Kier molecular flexibility index (Phi) is 4.95. The Hall–Kier alpha value is -1.06. The van der Waals surface area contributed by atoms with E-state index in [-0.39, 0.29) is 23.8 Å². The molecule has 0 aromatic heterocycles. The number of piperazine rings is 1. The van der Waals surface area contributed by atoms with Gasteiger partial charge in [-0.05, 0) is 24.7 Å². The normalized spacial score (nSPS) is 27.8. The summed E-state index contributed by atoms with van der Waals surface area (Å²) in [5, 5.41) is 3.10. The predicted octanol–water partition coefficient (Wildman–Crippen LogP) is 2.72. The Morgan fingerprint density at radius 1 is 1.19 bits per heavy atom. The maximum absolute atomic E-state index is 13.1. The summed E-state index contributed by atoms with van der Waals surface area (Å²) < 4.78 is 0. The third-order valence-corrected chi connectivity index (χ3v) is 5.48. The van der Waals surface area contributed by atoms with Gasteiger partial charge in [0.25, 0.3) is 0 Å². The summed E-state index contributed by atoms with van der Waals surface area (Å²) in [7, 11) is 0. The maximum atomic E-state index is 13.1. The molecule has 0 aromatic rings. The Morgan fingerprint density at radius 2 is 1.81 bits per heavy atom. The van der Waals surface area contributed by atoms with Gasteiger partial charge in [0, 0.05) is 6.54 Å². The number of nitrogens with one attached hydrogen (secondary N) is 1. The molecular formula is C17H30N2O2. The molecule has 0 bridgehead atoms. The largest absolute Gasteiger partial charge is 0.340 e. The van der Waals surface area contributed by atoms with Crippen LogP contribution in [0.4, 0.5) is 0 Å². The van der Waals surface area contributed by atoms with Crippen LogP contribution in [-0.4, -0.2) is 34.8 Å². The van der Waals surface area contributed by atoms with Crippen molar-refractivity contribution in [1.29, 1.82) is 0 Å². The Balaban J connectivity index is 2.29. The first-order valence-electron chi connectivity index (χ1n) is 8.58. The highest BCUT2D eigenvalue weighted by atomic mass is 16.2. The number of carbonyl (C=O) groups excluding carboxylic acids is 2. The summed E-state index contributed by atoms with van der Waals surface area (Å²) in [4.78, 5) is 27.7. The second-order valence-electron chi connectivity index (χ2n) is 7.08. The van der Waals surface area contributed by atoms with Crippen molar-refractivity contribution in [3.63, 3.8) is 0 Å². The van der Waals surface area contributed by atoms with Gasteiger partial charge < -0.3 is 10.2 Å². The molecule has 3 atom stereocenters. The molecule has 1 N–H and O–H groups in total. The van der Waals surface area contributed by atoms with Crippen LogP contribution in [0.5, 0.6) is 0 Å². The van der Waals surface area contributed by atoms with Gasteiger partial charge in [0.1, 0.15) is 11.6 Å². The summed E-state index contributed by atoms with van der Waals surface area (Å²) in [5.74, 6) is 0.876. The quantitative estimate of drug-likeness (QED) is 0.847. The highest BCUT2D eigenvalue weighted by Gasteiger charge is 2.52. The lowest BCUT2D eigenvalue weighted by atomic mass is 9.85. The smallest absolute Gasteiger partial charge is 0.249 e. The van der Waals surface area contributed by atoms with Crippen molar-refractivity contribution in [2.45, 2.75) is 77.8 Å². The van der Waals surface area contributed by atoms with Crippen LogP contribution in [0, 0.1) is 11.8 Å². The van der Waals surface area contributed by atoms with E-state index in [9.17, 15) is 9.59 Å². The molecule has 2 rings (SSSR count). The van der Waals surface area contributed by atoms with Gasteiger partial charge >= 0.3 is 0 Å². The maximum Gasteiger partial charge on any atom is 0.249 e. The summed E-state index contributed by atoms with van der Waals surface area (Å²) in [6.45, 7) is 9.18. The van der Waals surface area contributed by atoms with Gasteiger partial charge in [-0.3, -0.25) is 9.59 Å². The third kappa shape index (κ3) is 2.95. The van der Waals surface area contributed by atoms with E-state index in [0.29, 0.717) is 12.5 Å². The molecule has 1 saturated carbocycles. The van der Waals surface area contributed by atoms with Crippen molar-refractivity contribution in [2.75, 3.05) is 6.54 Å². The molecule has 0 radical (unpaired) electrons. The second-order valence-corrected chi connectivity index (χ2v) is 7.08. The van der Waals surface area contributed by atoms with Gasteiger partial charge in [0.2, 0.25) is 11.8 Å². The minimum absolute atomic E-state index is 0.0640. The van der Waals surface area contributed by atoms with Crippen molar-refractivity contribution >= 4 is 11.8 Å². The lowest BCUT2D eigenvalue weighted by Gasteiger charge is -2.47. The summed E-state index contributed by atoms with van der Waals surface area (Å²) in [5.41, 5.74) is -0.589. The molecule has 1 saturated heterocycles. The van der Waals surface area contributed by atoms with Gasteiger partial charge in [-0.25, -0.2) is 0 Å². The zero-order valence-electron chi connectivity index (χ0n) is 13.9. The first-order chi connectivity index (χ1) is 9.95. The van der Waals surface area contributed by atoms with E-state index in [4.69, 9.17) is 0 Å². The molecule has 21 heavy (non-hydrogen) atoms. The number of amides is 2. The average Bonchev–Trinajstić information content (AvgIpc) is 2.93. The number of hydrogen-bond donors (Lipinski definition) is 1. The minimum Gasteiger partial charge on any atom is -0.340 e. The third-order valence-electron chi connectivity index (χ3n) is 5.48. The van der Waals surface area contributed by atoms with Gasteiger partial charge in [-0.15, -0.1) is 0 Å². The zero-order valence-corrected chi connectivity index (χ0v) is 13.9. The average molecular weight is 294 g/mol. The van der Waals surface area contributed by atoms with Crippen molar-refractivity contribution in [3.8, 4) is 0 Å². The molecule has 2 aliphatic rings. The van der Waals surface area contributed by atoms with Gasteiger partial charge in [0.05, 0.1) is 0 Å². The fraction of sp³-hybridized carbons (Fsp3) is 0.882. The van der Waals surface area contributed by atoms with Crippen LogP contribution >= 0.6 is 0 Å². The molecule has 2 amide bonds. The van der Waals surface area contributed by atoms with Crippen molar-refractivity contribution in [3.05, 3.63) is 0 Å². The lowest BCUT2D eigenvalue weighted by molar-refractivity contribution is -0.157. The SMILES string of the molecule is CCC(C)CN1C(=O)C2(CCCC2)NC(=O)C1C(C)CC. The first-order valence-corrected chi connectivity index (χ1v) is 8.58. The number of rotatable bonds is 5. The number of carbonyl (C=O) groups is 2. The fourth-order valence-corrected chi connectivity index (χ4v) is 3.67. The fourth-order valence-electron chi connectivity index (χ4n) is 3.67. The van der Waals surface area contributed by atoms with E-state index < -0.39 is 5.54 Å². The van der Waals surface area contributed by atoms with E-state index in [1.165, 1.54) is 0 Å². The molecule has 120 valence electrons. The van der Waals surface area contributed by atoms with Crippen molar-refractivity contribution < 1.29 is 9.59 Å². The van der Waals surface area contributed by atoms with Crippen LogP contribution in [0.15, 0.2) is 0 Å². The van der Waals surface area contributed by atoms with Crippen LogP contribution in [0.2, 0.25) is 0 Å². The molecule has 1 heterocycles. The van der Waals surface area contributed by atoms with Crippen LogP contribution in [0.25, 0.3) is 0 Å². The standard InChI is InChI=1S/C17H30N2O2/c1-5-12(3)11-19-14(13(4)6-2)15(20)18-17(16(19)21)9-7-8-10-17/h12-14H,5-11H2,1-4H3,(H,18,20). The molecule has 0 aromatic carbocycles. The minimum atomic E-state index is -0.589. The summed E-state index contributed by atoms with van der Waals surface area (Å²) >= 11 is 0. The highest BCUT2D eigenvalue weighted by molar-refractivity contribution is 6.00.